The standard InChI is InChI=1S/C22H20F3N5O2.H2S/c1-12-7-8-27-20(26)18(12)17(31)9-14-10-28-30-13(2)11-29(21(32)19(14)30)16-5-3-15(4-6-16)22(23,24)25;/h3-8,10,13H,9,11H2,1-2H3,(H2,26,27);1H2/t13-;/m0./s1. The minimum atomic E-state index is -4.46. The van der Waals surface area contributed by atoms with Crippen LogP contribution in [0.15, 0.2) is 42.7 Å². The third-order valence-electron chi connectivity index (χ3n) is 5.51. The second-order valence-electron chi connectivity index (χ2n) is 7.76. The summed E-state index contributed by atoms with van der Waals surface area (Å²) in [5.74, 6) is -0.614. The van der Waals surface area contributed by atoms with Gasteiger partial charge < -0.3 is 10.6 Å². The fourth-order valence-electron chi connectivity index (χ4n) is 3.91. The molecule has 0 saturated heterocycles. The summed E-state index contributed by atoms with van der Waals surface area (Å²) in [5.41, 5.74) is 7.04. The van der Waals surface area contributed by atoms with Crippen LogP contribution in [0.1, 0.15) is 50.5 Å². The monoisotopic (exact) mass is 477 g/mol. The minimum Gasteiger partial charge on any atom is -0.383 e. The first-order chi connectivity index (χ1) is 15.1. The molecule has 174 valence electrons. The Morgan fingerprint density at radius 3 is 2.48 bits per heavy atom. The number of rotatable bonds is 4. The van der Waals surface area contributed by atoms with Crippen LogP contribution in [0.3, 0.4) is 0 Å². The number of alkyl halides is 3. The molecule has 0 aliphatic carbocycles. The molecule has 1 aliphatic rings. The second kappa shape index (κ2) is 8.89. The fourth-order valence-corrected chi connectivity index (χ4v) is 3.91. The maximum Gasteiger partial charge on any atom is 0.416 e. The van der Waals surface area contributed by atoms with Crippen molar-refractivity contribution in [3.63, 3.8) is 0 Å². The Labute approximate surface area is 194 Å². The van der Waals surface area contributed by atoms with E-state index in [9.17, 15) is 22.8 Å². The van der Waals surface area contributed by atoms with Crippen LogP contribution in [0.2, 0.25) is 0 Å². The summed E-state index contributed by atoms with van der Waals surface area (Å²) in [7, 11) is 0. The Morgan fingerprint density at radius 1 is 1.21 bits per heavy atom. The van der Waals surface area contributed by atoms with Gasteiger partial charge in [0.15, 0.2) is 5.78 Å². The summed E-state index contributed by atoms with van der Waals surface area (Å²) >= 11 is 0. The number of Topliss-reactive ketones (excluding diaryl/α,β-unsaturated/α-hetero) is 1. The van der Waals surface area contributed by atoms with Crippen molar-refractivity contribution in [2.45, 2.75) is 32.5 Å². The van der Waals surface area contributed by atoms with Gasteiger partial charge in [0.2, 0.25) is 0 Å². The van der Waals surface area contributed by atoms with Crippen molar-refractivity contribution in [3.05, 3.63) is 70.7 Å². The lowest BCUT2D eigenvalue weighted by atomic mass is 9.99. The Balaban J connectivity index is 0.00000306. The molecule has 1 atom stereocenters. The maximum absolute atomic E-state index is 13.3. The Kier molecular flexibility index (Phi) is 6.55. The highest BCUT2D eigenvalue weighted by molar-refractivity contribution is 7.59. The molecule has 1 aromatic carbocycles. The molecule has 3 aromatic rings. The Hall–Kier alpha value is -3.34. The van der Waals surface area contributed by atoms with Crippen LogP contribution in [0, 0.1) is 6.92 Å². The molecule has 0 radical (unpaired) electrons. The first-order valence-corrected chi connectivity index (χ1v) is 9.87. The molecule has 0 spiro atoms. The number of aryl methyl sites for hydroxylation is 1. The molecule has 2 N–H and O–H groups in total. The molecule has 3 heterocycles. The van der Waals surface area contributed by atoms with E-state index in [1.54, 1.807) is 17.7 Å². The number of nitrogen functional groups attached to an aromatic ring is 1. The fraction of sp³-hybridized carbons (Fsp3) is 0.273. The molecule has 1 amide bonds. The average molecular weight is 478 g/mol. The quantitative estimate of drug-likeness (QED) is 0.575. The van der Waals surface area contributed by atoms with Gasteiger partial charge in [0.05, 0.1) is 23.4 Å². The van der Waals surface area contributed by atoms with Crippen molar-refractivity contribution in [1.29, 1.82) is 0 Å². The number of anilines is 2. The highest BCUT2D eigenvalue weighted by Crippen LogP contribution is 2.33. The van der Waals surface area contributed by atoms with Gasteiger partial charge >= 0.3 is 6.18 Å². The number of ketones is 1. The third-order valence-corrected chi connectivity index (χ3v) is 5.51. The van der Waals surface area contributed by atoms with E-state index < -0.39 is 17.6 Å². The van der Waals surface area contributed by atoms with Crippen LogP contribution in [-0.2, 0) is 12.6 Å². The molecule has 0 unspecified atom stereocenters. The zero-order valence-electron chi connectivity index (χ0n) is 17.8. The maximum atomic E-state index is 13.3. The molecular formula is C22H22F3N5O2S. The number of benzene rings is 1. The van der Waals surface area contributed by atoms with Crippen LogP contribution >= 0.6 is 13.5 Å². The van der Waals surface area contributed by atoms with E-state index >= 15 is 0 Å². The number of amides is 1. The van der Waals surface area contributed by atoms with Crippen LogP contribution in [0.25, 0.3) is 0 Å². The summed E-state index contributed by atoms with van der Waals surface area (Å²) in [5, 5.41) is 4.28. The van der Waals surface area contributed by atoms with Crippen LogP contribution < -0.4 is 10.6 Å². The highest BCUT2D eigenvalue weighted by atomic mass is 32.1. The number of fused-ring (bicyclic) bond motifs is 1. The number of pyridine rings is 1. The molecule has 33 heavy (non-hydrogen) atoms. The third kappa shape index (κ3) is 4.45. The van der Waals surface area contributed by atoms with Crippen molar-refractivity contribution >= 4 is 36.7 Å². The molecule has 2 aromatic heterocycles. The second-order valence-corrected chi connectivity index (χ2v) is 7.76. The summed E-state index contributed by atoms with van der Waals surface area (Å²) in [6.45, 7) is 3.83. The molecule has 0 bridgehead atoms. The first-order valence-electron chi connectivity index (χ1n) is 9.87. The van der Waals surface area contributed by atoms with Gasteiger partial charge in [-0.25, -0.2) is 4.98 Å². The number of halogens is 3. The number of aromatic nitrogens is 3. The SMILES string of the molecule is Cc1ccnc(N)c1C(=O)Cc1cnn2c1C(=O)N(c1ccc(C(F)(F)F)cc1)C[C@@H]2C.S. The van der Waals surface area contributed by atoms with Crippen LogP contribution in [0.5, 0.6) is 0 Å². The van der Waals surface area contributed by atoms with Crippen molar-refractivity contribution < 1.29 is 22.8 Å². The topological polar surface area (TPSA) is 94.1 Å². The van der Waals surface area contributed by atoms with Crippen molar-refractivity contribution in [1.82, 2.24) is 14.8 Å². The van der Waals surface area contributed by atoms with Gasteiger partial charge in [-0.15, -0.1) is 0 Å². The number of carbonyl (C=O) groups is 2. The van der Waals surface area contributed by atoms with E-state index in [0.717, 1.165) is 12.1 Å². The van der Waals surface area contributed by atoms with E-state index in [1.807, 2.05) is 6.92 Å². The van der Waals surface area contributed by atoms with Gasteiger partial charge in [-0.05, 0) is 49.7 Å². The van der Waals surface area contributed by atoms with Gasteiger partial charge in [0.1, 0.15) is 11.5 Å². The first kappa shape index (κ1) is 24.3. The van der Waals surface area contributed by atoms with Gasteiger partial charge in [-0.3, -0.25) is 14.3 Å². The number of carbonyl (C=O) groups excluding carboxylic acids is 2. The number of nitrogens with two attached hydrogens (primary N) is 1. The van der Waals surface area contributed by atoms with Crippen molar-refractivity contribution in [3.8, 4) is 0 Å². The largest absolute Gasteiger partial charge is 0.416 e. The zero-order valence-corrected chi connectivity index (χ0v) is 18.8. The van der Waals surface area contributed by atoms with E-state index in [0.29, 0.717) is 22.4 Å². The van der Waals surface area contributed by atoms with Gasteiger partial charge in [0, 0.05) is 30.4 Å². The molecule has 0 fully saturated rings. The average Bonchev–Trinajstić information content (AvgIpc) is 3.14. The van der Waals surface area contributed by atoms with Crippen LogP contribution in [-0.4, -0.2) is 33.0 Å². The summed E-state index contributed by atoms with van der Waals surface area (Å²) in [6, 6.07) is 5.86. The van der Waals surface area contributed by atoms with Crippen molar-refractivity contribution in [2.75, 3.05) is 17.2 Å². The lowest BCUT2D eigenvalue weighted by molar-refractivity contribution is -0.137. The molecule has 1 aliphatic heterocycles. The molecule has 7 nitrogen and oxygen atoms in total. The summed E-state index contributed by atoms with van der Waals surface area (Å²) in [6.07, 6.45) is -1.59. The van der Waals surface area contributed by atoms with Gasteiger partial charge in [-0.1, -0.05) is 0 Å². The minimum absolute atomic E-state index is 0. The predicted octanol–water partition coefficient (Wildman–Crippen LogP) is 3.95. The zero-order chi connectivity index (χ0) is 23.2. The lowest BCUT2D eigenvalue weighted by Gasteiger charge is -2.32. The van der Waals surface area contributed by atoms with E-state index in [-0.39, 0.29) is 49.8 Å². The Morgan fingerprint density at radius 2 is 1.88 bits per heavy atom. The molecular weight excluding hydrogens is 455 g/mol. The molecule has 11 heteroatoms. The summed E-state index contributed by atoms with van der Waals surface area (Å²) in [4.78, 5) is 31.6. The number of hydrogen-bond donors (Lipinski definition) is 1. The van der Waals surface area contributed by atoms with E-state index in [4.69, 9.17) is 5.73 Å². The molecule has 0 saturated carbocycles. The van der Waals surface area contributed by atoms with Crippen molar-refractivity contribution in [2.24, 2.45) is 0 Å². The summed E-state index contributed by atoms with van der Waals surface area (Å²) < 4.78 is 40.2. The smallest absolute Gasteiger partial charge is 0.383 e. The van der Waals surface area contributed by atoms with E-state index in [2.05, 4.69) is 10.1 Å². The van der Waals surface area contributed by atoms with E-state index in [1.165, 1.54) is 29.4 Å². The Bertz CT molecular complexity index is 1190. The predicted molar refractivity (Wildman–Crippen MR) is 122 cm³/mol. The normalized spacial score (nSPS) is 15.7. The lowest BCUT2D eigenvalue weighted by Crippen LogP contribution is -2.43. The van der Waals surface area contributed by atoms with Gasteiger partial charge in [-0.2, -0.15) is 31.8 Å². The van der Waals surface area contributed by atoms with Crippen LogP contribution in [0.4, 0.5) is 24.7 Å². The molecule has 4 rings (SSSR count). The highest BCUT2D eigenvalue weighted by Gasteiger charge is 2.35. The van der Waals surface area contributed by atoms with Gasteiger partial charge in [0.25, 0.3) is 5.91 Å². The number of nitrogens with zero attached hydrogens (tertiary/aromatic N) is 4. The number of hydrogen-bond acceptors (Lipinski definition) is 5.